The molecule has 0 aromatic carbocycles. The second-order valence-corrected chi connectivity index (χ2v) is 21.4. The van der Waals surface area contributed by atoms with Crippen LogP contribution in [0.1, 0.15) is 6.42 Å². The van der Waals surface area contributed by atoms with Gasteiger partial charge in [0.1, 0.15) is 0 Å². The summed E-state index contributed by atoms with van der Waals surface area (Å²) in [6.45, 7) is 17.5. The van der Waals surface area contributed by atoms with E-state index in [1.54, 1.807) is 0 Å². The Labute approximate surface area is 131 Å². The summed E-state index contributed by atoms with van der Waals surface area (Å²) >= 11 is 0. The molecule has 0 amide bonds. The van der Waals surface area contributed by atoms with Gasteiger partial charge < -0.3 is 13.3 Å². The topological polar surface area (TPSA) is 61.8 Å². The second kappa shape index (κ2) is 7.21. The fourth-order valence-electron chi connectivity index (χ4n) is 1.50. The van der Waals surface area contributed by atoms with Crippen LogP contribution in [0.15, 0.2) is 0 Å². The Hall–Kier alpha value is -0.449. The molecule has 0 saturated heterocycles. The summed E-state index contributed by atoms with van der Waals surface area (Å²) in [6, 6.07) is 0. The molecule has 0 aliphatic carbocycles. The van der Waals surface area contributed by atoms with Crippen LogP contribution < -0.4 is 0 Å². The Morgan fingerprint density at radius 2 is 1.19 bits per heavy atom. The number of hydrogen-bond donors (Lipinski definition) is 0. The highest BCUT2D eigenvalue weighted by atomic mass is 28.4. The van der Waals surface area contributed by atoms with Crippen molar-refractivity contribution in [1.29, 1.82) is 0 Å². The number of carbonyl (C=O) groups excluding carboxylic acids is 2. The molecule has 0 aromatic heterocycles. The fraction of sp³-hybridized carbons (Fsp3) is 0.846. The maximum atomic E-state index is 12.3. The molecule has 0 aliphatic heterocycles. The molecule has 5 nitrogen and oxygen atoms in total. The Bertz CT molecular complexity index is 377. The van der Waals surface area contributed by atoms with E-state index >= 15 is 0 Å². The minimum Gasteiger partial charge on any atom is -0.520 e. The van der Waals surface area contributed by atoms with E-state index in [0.29, 0.717) is 0 Å². The Balaban J connectivity index is 4.91. The van der Waals surface area contributed by atoms with Crippen molar-refractivity contribution in [3.8, 4) is 0 Å². The molecule has 124 valence electrons. The first kappa shape index (κ1) is 20.6. The standard InChI is InChI=1S/C13H30O5Si3/c1-19(2,3)16-11(13(15)18-21(7,8)9)10-12(14)17-20(4,5)6/h11H,10H2,1-9H3. The fourth-order valence-corrected chi connectivity index (χ4v) is 4.04. The first-order valence-electron chi connectivity index (χ1n) is 7.22. The molecule has 1 atom stereocenters. The Morgan fingerprint density at radius 3 is 1.52 bits per heavy atom. The van der Waals surface area contributed by atoms with Gasteiger partial charge in [-0.15, -0.1) is 0 Å². The van der Waals surface area contributed by atoms with Crippen molar-refractivity contribution in [2.24, 2.45) is 0 Å². The van der Waals surface area contributed by atoms with Gasteiger partial charge >= 0.3 is 5.97 Å². The lowest BCUT2D eigenvalue weighted by atomic mass is 10.3. The number of hydrogen-bond acceptors (Lipinski definition) is 5. The maximum absolute atomic E-state index is 12.3. The molecule has 21 heavy (non-hydrogen) atoms. The average molecular weight is 351 g/mol. The summed E-state index contributed by atoms with van der Waals surface area (Å²) in [7, 11) is -5.94. The summed E-state index contributed by atoms with van der Waals surface area (Å²) < 4.78 is 16.7. The van der Waals surface area contributed by atoms with Gasteiger partial charge in [0.05, 0.1) is 6.42 Å². The van der Waals surface area contributed by atoms with E-state index in [1.165, 1.54) is 0 Å². The maximum Gasteiger partial charge on any atom is 0.321 e. The minimum absolute atomic E-state index is 0.0716. The van der Waals surface area contributed by atoms with Crippen LogP contribution in [0.5, 0.6) is 0 Å². The van der Waals surface area contributed by atoms with Gasteiger partial charge in [0.2, 0.25) is 16.6 Å². The molecule has 0 N–H and O–H groups in total. The van der Waals surface area contributed by atoms with Gasteiger partial charge in [-0.3, -0.25) is 9.59 Å². The number of rotatable bonds is 7. The van der Waals surface area contributed by atoms with E-state index in [1.807, 2.05) is 58.9 Å². The van der Waals surface area contributed by atoms with Crippen LogP contribution in [0.3, 0.4) is 0 Å². The summed E-state index contributed by atoms with van der Waals surface area (Å²) in [4.78, 5) is 24.2. The van der Waals surface area contributed by atoms with Gasteiger partial charge in [0, 0.05) is 0 Å². The molecule has 0 rings (SSSR count). The van der Waals surface area contributed by atoms with Gasteiger partial charge in [-0.2, -0.15) is 0 Å². The highest BCUT2D eigenvalue weighted by Crippen LogP contribution is 2.16. The molecule has 0 radical (unpaired) electrons. The van der Waals surface area contributed by atoms with Crippen molar-refractivity contribution >= 4 is 36.9 Å². The molecular weight excluding hydrogens is 320 g/mol. The van der Waals surface area contributed by atoms with Crippen LogP contribution in [0, 0.1) is 0 Å². The Morgan fingerprint density at radius 1 is 0.762 bits per heavy atom. The zero-order chi connectivity index (χ0) is 17.1. The first-order valence-corrected chi connectivity index (χ1v) is 17.4. The SMILES string of the molecule is C[Si](C)(C)OC(=O)CC(O[Si](C)(C)C)C(=O)O[Si](C)(C)C. The molecule has 0 bridgehead atoms. The van der Waals surface area contributed by atoms with Crippen molar-refractivity contribution in [3.63, 3.8) is 0 Å². The largest absolute Gasteiger partial charge is 0.520 e. The lowest BCUT2D eigenvalue weighted by molar-refractivity contribution is -0.149. The van der Waals surface area contributed by atoms with Crippen molar-refractivity contribution in [1.82, 2.24) is 0 Å². The highest BCUT2D eigenvalue weighted by Gasteiger charge is 2.34. The van der Waals surface area contributed by atoms with Gasteiger partial charge in [-0.1, -0.05) is 0 Å². The summed E-state index contributed by atoms with van der Waals surface area (Å²) in [6.07, 6.45) is -0.926. The zero-order valence-corrected chi connectivity index (χ0v) is 17.8. The van der Waals surface area contributed by atoms with Crippen LogP contribution >= 0.6 is 0 Å². The van der Waals surface area contributed by atoms with Crippen LogP contribution in [0.4, 0.5) is 0 Å². The van der Waals surface area contributed by atoms with Crippen molar-refractivity contribution in [2.75, 3.05) is 0 Å². The van der Waals surface area contributed by atoms with E-state index in [4.69, 9.17) is 13.3 Å². The van der Waals surface area contributed by atoms with E-state index in [2.05, 4.69) is 0 Å². The number of carbonyl (C=O) groups is 2. The van der Waals surface area contributed by atoms with Gasteiger partial charge in [0.25, 0.3) is 5.97 Å². The predicted octanol–water partition coefficient (Wildman–Crippen LogP) is 3.35. The third-order valence-electron chi connectivity index (χ3n) is 1.94. The summed E-state index contributed by atoms with van der Waals surface area (Å²) in [5, 5.41) is 0. The molecular formula is C13H30O5Si3. The molecule has 0 fully saturated rings. The summed E-state index contributed by atoms with van der Waals surface area (Å²) in [5.41, 5.74) is 0. The zero-order valence-electron chi connectivity index (χ0n) is 14.8. The van der Waals surface area contributed by atoms with E-state index < -0.39 is 37.0 Å². The quantitative estimate of drug-likeness (QED) is 0.659. The van der Waals surface area contributed by atoms with Crippen LogP contribution in [-0.2, 0) is 22.9 Å². The van der Waals surface area contributed by atoms with E-state index in [9.17, 15) is 9.59 Å². The smallest absolute Gasteiger partial charge is 0.321 e. The van der Waals surface area contributed by atoms with Crippen molar-refractivity contribution in [3.05, 3.63) is 0 Å². The third kappa shape index (κ3) is 11.8. The molecule has 1 unspecified atom stereocenters. The molecule has 0 aliphatic rings. The molecule has 8 heteroatoms. The highest BCUT2D eigenvalue weighted by molar-refractivity contribution is 6.72. The monoisotopic (exact) mass is 350 g/mol. The average Bonchev–Trinajstić information content (AvgIpc) is 2.07. The van der Waals surface area contributed by atoms with Gasteiger partial charge in [0.15, 0.2) is 14.4 Å². The van der Waals surface area contributed by atoms with Gasteiger partial charge in [-0.05, 0) is 58.9 Å². The van der Waals surface area contributed by atoms with Crippen molar-refractivity contribution < 1.29 is 22.9 Å². The van der Waals surface area contributed by atoms with Crippen molar-refractivity contribution in [2.45, 2.75) is 71.4 Å². The van der Waals surface area contributed by atoms with Crippen LogP contribution in [0.2, 0.25) is 58.9 Å². The van der Waals surface area contributed by atoms with Crippen LogP contribution in [0.25, 0.3) is 0 Å². The van der Waals surface area contributed by atoms with Crippen LogP contribution in [-0.4, -0.2) is 43.0 Å². The molecule has 0 heterocycles. The lowest BCUT2D eigenvalue weighted by Crippen LogP contribution is -2.43. The first-order chi connectivity index (χ1) is 9.09. The second-order valence-electron chi connectivity index (χ2n) is 8.04. The minimum atomic E-state index is -2.01. The predicted molar refractivity (Wildman–Crippen MR) is 91.7 cm³/mol. The third-order valence-corrected chi connectivity index (χ3v) is 4.58. The lowest BCUT2D eigenvalue weighted by Gasteiger charge is -2.28. The van der Waals surface area contributed by atoms with E-state index in [0.717, 1.165) is 0 Å². The molecule has 0 aromatic rings. The summed E-state index contributed by atoms with van der Waals surface area (Å²) in [5.74, 6) is -0.825. The Kier molecular flexibility index (Phi) is 7.05. The normalized spacial score (nSPS) is 14.5. The van der Waals surface area contributed by atoms with E-state index in [-0.39, 0.29) is 12.4 Å². The molecule has 0 saturated carbocycles. The molecule has 0 spiro atoms. The van der Waals surface area contributed by atoms with Gasteiger partial charge in [-0.25, -0.2) is 0 Å².